The maximum absolute atomic E-state index is 6.57. The minimum atomic E-state index is 0.181. The molecule has 0 saturated heterocycles. The summed E-state index contributed by atoms with van der Waals surface area (Å²) in [6.07, 6.45) is 17.9. The number of nitrogens with zero attached hydrogens (tertiary/aromatic N) is 2. The van der Waals surface area contributed by atoms with Crippen molar-refractivity contribution in [3.63, 3.8) is 0 Å². The van der Waals surface area contributed by atoms with E-state index in [-0.39, 0.29) is 12.1 Å². The molecule has 0 radical (unpaired) electrons. The Balaban J connectivity index is 0.742. The molecule has 0 aliphatic heterocycles. The zero-order valence-corrected chi connectivity index (χ0v) is 38.5. The summed E-state index contributed by atoms with van der Waals surface area (Å²) in [5.41, 5.74) is 17.5. The molecule has 0 N–H and O–H groups in total. The third-order valence-corrected chi connectivity index (χ3v) is 14.2. The van der Waals surface area contributed by atoms with Gasteiger partial charge >= 0.3 is 0 Å². The monoisotopic (exact) mass is 900 g/mol. The van der Waals surface area contributed by atoms with E-state index in [1.807, 2.05) is 18.2 Å². The molecule has 0 bridgehead atoms. The lowest BCUT2D eigenvalue weighted by Crippen LogP contribution is -2.42. The molecule has 2 unspecified atom stereocenters. The van der Waals surface area contributed by atoms with Crippen molar-refractivity contribution >= 4 is 72.2 Å². The van der Waals surface area contributed by atoms with Crippen LogP contribution in [0.1, 0.15) is 18.4 Å². The van der Waals surface area contributed by atoms with Gasteiger partial charge in [0.25, 0.3) is 0 Å². The van der Waals surface area contributed by atoms with Gasteiger partial charge in [0, 0.05) is 32.9 Å². The summed E-state index contributed by atoms with van der Waals surface area (Å²) >= 11 is 0. The Kier molecular flexibility index (Phi) is 10.4. The van der Waals surface area contributed by atoms with Gasteiger partial charge in [-0.3, -0.25) is 0 Å². The minimum absolute atomic E-state index is 0.181. The first-order chi connectivity index (χ1) is 34.7. The number of hydrogen-bond acceptors (Lipinski definition) is 4. The lowest BCUT2D eigenvalue weighted by Gasteiger charge is -2.38. The summed E-state index contributed by atoms with van der Waals surface area (Å²) in [4.78, 5) is 4.84. The number of anilines is 4. The Labute approximate surface area is 407 Å². The van der Waals surface area contributed by atoms with E-state index in [1.165, 1.54) is 39.0 Å². The predicted molar refractivity (Wildman–Crippen MR) is 293 cm³/mol. The summed E-state index contributed by atoms with van der Waals surface area (Å²) in [6, 6.07) is 76.2. The van der Waals surface area contributed by atoms with Crippen LogP contribution in [0.25, 0.3) is 82.8 Å². The van der Waals surface area contributed by atoms with E-state index in [0.29, 0.717) is 0 Å². The molecule has 4 nitrogen and oxygen atoms in total. The van der Waals surface area contributed by atoms with E-state index in [2.05, 4.69) is 246 Å². The quantitative estimate of drug-likeness (QED) is 0.137. The fraction of sp³-hybridized carbons (Fsp3) is 0.0606. The molecule has 0 saturated carbocycles. The molecular weight excluding hydrogens is 853 g/mol. The molecule has 2 aliphatic rings. The lowest BCUT2D eigenvalue weighted by molar-refractivity contribution is 0.606. The standard InChI is InChI=1S/C66H48N2O2/c1-3-15-51(16-4-1)67(61-25-13-23-59-57-21-9-11-27-63(57)69-65(59)61)53-41-37-47(38-42-53)45-29-33-49(34-30-45)55-19-7-8-20-56(55)50-35-31-46(32-36-50)48-39-43-54(44-40-48)68(52-17-5-2-6-18-52)62-26-14-24-60-58-22-10-12-28-64(58)70-66(60)62/h1-17,19-43,52,54H,18,44H2. The van der Waals surface area contributed by atoms with Gasteiger partial charge in [0.15, 0.2) is 11.2 Å². The maximum Gasteiger partial charge on any atom is 0.159 e. The fourth-order valence-corrected chi connectivity index (χ4v) is 10.7. The smallest absolute Gasteiger partial charge is 0.159 e. The Morgan fingerprint density at radius 1 is 0.371 bits per heavy atom. The summed E-state index contributed by atoms with van der Waals surface area (Å²) in [7, 11) is 0. The van der Waals surface area contributed by atoms with Gasteiger partial charge < -0.3 is 18.6 Å². The number of furan rings is 2. The molecule has 2 aliphatic carbocycles. The third kappa shape index (κ3) is 7.42. The highest BCUT2D eigenvalue weighted by Crippen LogP contribution is 2.44. The van der Waals surface area contributed by atoms with E-state index in [4.69, 9.17) is 8.83 Å². The van der Waals surface area contributed by atoms with Gasteiger partial charge in [0.2, 0.25) is 0 Å². The number of allylic oxidation sites excluding steroid dienone is 4. The summed E-state index contributed by atoms with van der Waals surface area (Å²) in [5, 5.41) is 4.54. The van der Waals surface area contributed by atoms with E-state index in [9.17, 15) is 0 Å². The molecule has 334 valence electrons. The van der Waals surface area contributed by atoms with Gasteiger partial charge in [-0.05, 0) is 106 Å². The molecule has 11 aromatic rings. The van der Waals surface area contributed by atoms with Crippen LogP contribution in [-0.2, 0) is 0 Å². The molecule has 2 atom stereocenters. The highest BCUT2D eigenvalue weighted by molar-refractivity contribution is 6.11. The second-order valence-corrected chi connectivity index (χ2v) is 18.3. The van der Waals surface area contributed by atoms with Crippen LogP contribution in [0.3, 0.4) is 0 Å². The molecule has 9 aromatic carbocycles. The van der Waals surface area contributed by atoms with Crippen LogP contribution >= 0.6 is 0 Å². The van der Waals surface area contributed by atoms with E-state index in [0.717, 1.165) is 85.0 Å². The zero-order valence-electron chi connectivity index (χ0n) is 38.5. The van der Waals surface area contributed by atoms with Crippen molar-refractivity contribution in [2.75, 3.05) is 9.80 Å². The molecule has 70 heavy (non-hydrogen) atoms. The molecule has 2 aromatic heterocycles. The summed E-state index contributed by atoms with van der Waals surface area (Å²) in [5.74, 6) is 0. The number of fused-ring (bicyclic) bond motifs is 6. The van der Waals surface area contributed by atoms with Crippen LogP contribution < -0.4 is 9.80 Å². The molecule has 13 rings (SSSR count). The fourth-order valence-electron chi connectivity index (χ4n) is 10.7. The number of rotatable bonds is 10. The van der Waals surface area contributed by atoms with Gasteiger partial charge in [-0.15, -0.1) is 0 Å². The van der Waals surface area contributed by atoms with E-state index in [1.54, 1.807) is 0 Å². The normalized spacial score (nSPS) is 15.5. The Morgan fingerprint density at radius 2 is 0.871 bits per heavy atom. The van der Waals surface area contributed by atoms with Gasteiger partial charge in [-0.1, -0.05) is 206 Å². The number of hydrogen-bond donors (Lipinski definition) is 0. The van der Waals surface area contributed by atoms with Gasteiger partial charge in [0.1, 0.15) is 11.2 Å². The van der Waals surface area contributed by atoms with Crippen LogP contribution in [0.4, 0.5) is 22.7 Å². The lowest BCUT2D eigenvalue weighted by atomic mass is 9.91. The van der Waals surface area contributed by atoms with Crippen LogP contribution in [0.5, 0.6) is 0 Å². The van der Waals surface area contributed by atoms with Crippen LogP contribution in [-0.4, -0.2) is 12.1 Å². The largest absolute Gasteiger partial charge is 0.454 e. The average molecular weight is 901 g/mol. The second kappa shape index (κ2) is 17.7. The topological polar surface area (TPSA) is 32.8 Å². The third-order valence-electron chi connectivity index (χ3n) is 14.2. The predicted octanol–water partition coefficient (Wildman–Crippen LogP) is 18.1. The molecule has 0 spiro atoms. The van der Waals surface area contributed by atoms with Crippen molar-refractivity contribution in [2.24, 2.45) is 0 Å². The summed E-state index contributed by atoms with van der Waals surface area (Å²) < 4.78 is 13.1. The molecule has 0 fully saturated rings. The highest BCUT2D eigenvalue weighted by Gasteiger charge is 2.28. The van der Waals surface area contributed by atoms with E-state index < -0.39 is 0 Å². The zero-order chi connectivity index (χ0) is 46.4. The first kappa shape index (κ1) is 41.3. The van der Waals surface area contributed by atoms with Crippen molar-refractivity contribution in [1.29, 1.82) is 0 Å². The van der Waals surface area contributed by atoms with Crippen LogP contribution in [0.15, 0.2) is 264 Å². The first-order valence-corrected chi connectivity index (χ1v) is 24.3. The SMILES string of the molecule is C1=CCC(N(c2cccc3c2oc2ccccc23)C2C=CC(c3ccc(-c4ccccc4-c4ccc(-c5ccc(N(c6ccccc6)c6cccc7c6oc6ccccc67)cc5)cc4)cc3)=CC2)C=C1. The van der Waals surface area contributed by atoms with Gasteiger partial charge in [0.05, 0.1) is 23.5 Å². The van der Waals surface area contributed by atoms with Crippen molar-refractivity contribution in [2.45, 2.75) is 24.9 Å². The van der Waals surface area contributed by atoms with Crippen LogP contribution in [0.2, 0.25) is 0 Å². The molecule has 0 amide bonds. The van der Waals surface area contributed by atoms with Crippen molar-refractivity contribution < 1.29 is 8.83 Å². The minimum Gasteiger partial charge on any atom is -0.454 e. The second-order valence-electron chi connectivity index (χ2n) is 18.3. The van der Waals surface area contributed by atoms with E-state index >= 15 is 0 Å². The maximum atomic E-state index is 6.57. The molecular formula is C66H48N2O2. The Bertz CT molecular complexity index is 3830. The number of para-hydroxylation sites is 5. The summed E-state index contributed by atoms with van der Waals surface area (Å²) in [6.45, 7) is 0. The highest BCUT2D eigenvalue weighted by atomic mass is 16.3. The Hall–Kier alpha value is -8.86. The molecule has 4 heteroatoms. The van der Waals surface area contributed by atoms with Crippen molar-refractivity contribution in [1.82, 2.24) is 0 Å². The van der Waals surface area contributed by atoms with Gasteiger partial charge in [-0.25, -0.2) is 0 Å². The van der Waals surface area contributed by atoms with Crippen LogP contribution in [0, 0.1) is 0 Å². The Morgan fingerprint density at radius 3 is 1.47 bits per heavy atom. The van der Waals surface area contributed by atoms with Gasteiger partial charge in [-0.2, -0.15) is 0 Å². The molecule has 2 heterocycles. The average Bonchev–Trinajstić information content (AvgIpc) is 4.02. The van der Waals surface area contributed by atoms with Crippen molar-refractivity contribution in [3.8, 4) is 33.4 Å². The van der Waals surface area contributed by atoms with Crippen molar-refractivity contribution in [3.05, 3.63) is 260 Å². The number of benzene rings is 9. The first-order valence-electron chi connectivity index (χ1n) is 24.3.